The summed E-state index contributed by atoms with van der Waals surface area (Å²) in [5.41, 5.74) is 0.620. The van der Waals surface area contributed by atoms with Crippen LogP contribution in [-0.4, -0.2) is 38.7 Å². The molecule has 1 aliphatic rings. The average molecular weight is 363 g/mol. The van der Waals surface area contributed by atoms with Gasteiger partial charge in [0.2, 0.25) is 5.91 Å². The number of methoxy groups -OCH3 is 2. The fourth-order valence-corrected chi connectivity index (χ4v) is 3.04. The number of urea groups is 1. The molecular weight excluding hydrogens is 334 g/mol. The quantitative estimate of drug-likeness (QED) is 0.619. The summed E-state index contributed by atoms with van der Waals surface area (Å²) in [5.74, 6) is 1.11. The van der Waals surface area contributed by atoms with Crippen molar-refractivity contribution >= 4 is 17.6 Å². The van der Waals surface area contributed by atoms with Gasteiger partial charge < -0.3 is 25.4 Å². The molecule has 144 valence electrons. The molecule has 0 radical (unpaired) electrons. The van der Waals surface area contributed by atoms with Crippen molar-refractivity contribution in [2.24, 2.45) is 0 Å². The summed E-state index contributed by atoms with van der Waals surface area (Å²) in [6, 6.07) is 5.35. The Morgan fingerprint density at radius 1 is 1.04 bits per heavy atom. The van der Waals surface area contributed by atoms with Crippen LogP contribution in [0.25, 0.3) is 0 Å². The van der Waals surface area contributed by atoms with Crippen molar-refractivity contribution in [1.29, 1.82) is 0 Å². The SMILES string of the molecule is COc1cc(NC(=O)CCCNC(=O)NC2CCCCC2)cc(OC)c1. The van der Waals surface area contributed by atoms with Crippen LogP contribution in [-0.2, 0) is 4.79 Å². The van der Waals surface area contributed by atoms with E-state index in [9.17, 15) is 9.59 Å². The molecule has 2 rings (SSSR count). The predicted octanol–water partition coefficient (Wildman–Crippen LogP) is 3.05. The first-order chi connectivity index (χ1) is 12.6. The third kappa shape index (κ3) is 6.82. The van der Waals surface area contributed by atoms with E-state index in [0.29, 0.717) is 36.6 Å². The number of carbonyl (C=O) groups is 2. The van der Waals surface area contributed by atoms with E-state index in [1.807, 2.05) is 0 Å². The zero-order valence-corrected chi connectivity index (χ0v) is 15.6. The first-order valence-corrected chi connectivity index (χ1v) is 9.18. The number of ether oxygens (including phenoxy) is 2. The van der Waals surface area contributed by atoms with Crippen LogP contribution in [0.3, 0.4) is 0 Å². The van der Waals surface area contributed by atoms with Crippen molar-refractivity contribution in [1.82, 2.24) is 10.6 Å². The van der Waals surface area contributed by atoms with E-state index < -0.39 is 0 Å². The van der Waals surface area contributed by atoms with Crippen LogP contribution in [0.2, 0.25) is 0 Å². The smallest absolute Gasteiger partial charge is 0.315 e. The monoisotopic (exact) mass is 363 g/mol. The number of anilines is 1. The number of carbonyl (C=O) groups excluding carboxylic acids is 2. The molecular formula is C19H29N3O4. The van der Waals surface area contributed by atoms with E-state index in [1.54, 1.807) is 32.4 Å². The molecule has 1 aromatic rings. The highest BCUT2D eigenvalue weighted by atomic mass is 16.5. The van der Waals surface area contributed by atoms with E-state index in [-0.39, 0.29) is 18.0 Å². The molecule has 0 heterocycles. The van der Waals surface area contributed by atoms with Crippen molar-refractivity contribution in [2.45, 2.75) is 51.0 Å². The lowest BCUT2D eigenvalue weighted by atomic mass is 9.96. The minimum Gasteiger partial charge on any atom is -0.497 e. The lowest BCUT2D eigenvalue weighted by molar-refractivity contribution is -0.116. The maximum atomic E-state index is 12.1. The molecule has 26 heavy (non-hydrogen) atoms. The van der Waals surface area contributed by atoms with Gasteiger partial charge >= 0.3 is 6.03 Å². The Labute approximate surface area is 154 Å². The number of hydrogen-bond donors (Lipinski definition) is 3. The summed E-state index contributed by atoms with van der Waals surface area (Å²) < 4.78 is 10.4. The highest BCUT2D eigenvalue weighted by Gasteiger charge is 2.15. The summed E-state index contributed by atoms with van der Waals surface area (Å²) in [5, 5.41) is 8.63. The van der Waals surface area contributed by atoms with Gasteiger partial charge in [-0.1, -0.05) is 19.3 Å². The molecule has 1 fully saturated rings. The summed E-state index contributed by atoms with van der Waals surface area (Å²) >= 11 is 0. The normalized spacial score (nSPS) is 14.4. The Kier molecular flexibility index (Phi) is 8.05. The minimum absolute atomic E-state index is 0.116. The minimum atomic E-state index is -0.144. The number of hydrogen-bond acceptors (Lipinski definition) is 4. The molecule has 7 nitrogen and oxygen atoms in total. The largest absolute Gasteiger partial charge is 0.497 e. The summed E-state index contributed by atoms with van der Waals surface area (Å²) in [4.78, 5) is 23.9. The van der Waals surface area contributed by atoms with Gasteiger partial charge in [0.25, 0.3) is 0 Å². The summed E-state index contributed by atoms with van der Waals surface area (Å²) in [6.45, 7) is 0.466. The Morgan fingerprint density at radius 3 is 2.31 bits per heavy atom. The Bertz CT molecular complexity index is 578. The van der Waals surface area contributed by atoms with Crippen molar-refractivity contribution in [2.75, 3.05) is 26.1 Å². The van der Waals surface area contributed by atoms with E-state index in [4.69, 9.17) is 9.47 Å². The zero-order chi connectivity index (χ0) is 18.8. The van der Waals surface area contributed by atoms with E-state index in [0.717, 1.165) is 12.8 Å². The van der Waals surface area contributed by atoms with E-state index in [1.165, 1.54) is 19.3 Å². The average Bonchev–Trinajstić information content (AvgIpc) is 2.65. The molecule has 1 saturated carbocycles. The van der Waals surface area contributed by atoms with Gasteiger partial charge in [-0.05, 0) is 19.3 Å². The van der Waals surface area contributed by atoms with Gasteiger partial charge in [0.05, 0.1) is 14.2 Å². The molecule has 7 heteroatoms. The third-order valence-electron chi connectivity index (χ3n) is 4.44. The number of nitrogens with one attached hydrogen (secondary N) is 3. The number of benzene rings is 1. The van der Waals surface area contributed by atoms with Gasteiger partial charge in [0.1, 0.15) is 11.5 Å². The molecule has 1 aromatic carbocycles. The maximum Gasteiger partial charge on any atom is 0.315 e. The standard InChI is InChI=1S/C19H29N3O4/c1-25-16-11-15(12-17(13-16)26-2)21-18(23)9-6-10-20-19(24)22-14-7-4-3-5-8-14/h11-14H,3-10H2,1-2H3,(H,21,23)(H2,20,22,24). The highest BCUT2D eigenvalue weighted by Crippen LogP contribution is 2.25. The van der Waals surface area contributed by atoms with Crippen LogP contribution < -0.4 is 25.4 Å². The molecule has 0 aliphatic heterocycles. The van der Waals surface area contributed by atoms with E-state index >= 15 is 0 Å². The van der Waals surface area contributed by atoms with Crippen molar-refractivity contribution in [3.8, 4) is 11.5 Å². The van der Waals surface area contributed by atoms with Gasteiger partial charge in [-0.25, -0.2) is 4.79 Å². The molecule has 0 aromatic heterocycles. The number of amides is 3. The topological polar surface area (TPSA) is 88.7 Å². The maximum absolute atomic E-state index is 12.1. The molecule has 0 saturated heterocycles. The highest BCUT2D eigenvalue weighted by molar-refractivity contribution is 5.91. The third-order valence-corrected chi connectivity index (χ3v) is 4.44. The van der Waals surface area contributed by atoms with Crippen molar-refractivity contribution in [3.63, 3.8) is 0 Å². The second-order valence-electron chi connectivity index (χ2n) is 6.49. The van der Waals surface area contributed by atoms with Crippen LogP contribution >= 0.6 is 0 Å². The van der Waals surface area contributed by atoms with Crippen LogP contribution in [0.15, 0.2) is 18.2 Å². The fourth-order valence-electron chi connectivity index (χ4n) is 3.04. The molecule has 0 atom stereocenters. The molecule has 3 N–H and O–H groups in total. The van der Waals surface area contributed by atoms with Crippen molar-refractivity contribution in [3.05, 3.63) is 18.2 Å². The lowest BCUT2D eigenvalue weighted by Gasteiger charge is -2.22. The second kappa shape index (κ2) is 10.5. The van der Waals surface area contributed by atoms with Gasteiger partial charge in [-0.15, -0.1) is 0 Å². The van der Waals surface area contributed by atoms with E-state index in [2.05, 4.69) is 16.0 Å². The summed E-state index contributed by atoms with van der Waals surface area (Å²) in [6.07, 6.45) is 6.63. The predicted molar refractivity (Wildman–Crippen MR) is 101 cm³/mol. The molecule has 0 spiro atoms. The van der Waals surface area contributed by atoms with Gasteiger partial charge in [0.15, 0.2) is 0 Å². The fraction of sp³-hybridized carbons (Fsp3) is 0.579. The van der Waals surface area contributed by atoms with Gasteiger partial charge in [0, 0.05) is 42.9 Å². The molecule has 0 unspecified atom stereocenters. The van der Waals surface area contributed by atoms with Crippen molar-refractivity contribution < 1.29 is 19.1 Å². The molecule has 1 aliphatic carbocycles. The van der Waals surface area contributed by atoms with Gasteiger partial charge in [-0.3, -0.25) is 4.79 Å². The van der Waals surface area contributed by atoms with Crippen LogP contribution in [0.4, 0.5) is 10.5 Å². The second-order valence-corrected chi connectivity index (χ2v) is 6.49. The van der Waals surface area contributed by atoms with Crippen LogP contribution in [0.1, 0.15) is 44.9 Å². The molecule has 3 amide bonds. The zero-order valence-electron chi connectivity index (χ0n) is 15.6. The molecule has 0 bridgehead atoms. The first kappa shape index (κ1) is 19.9. The van der Waals surface area contributed by atoms with Gasteiger partial charge in [-0.2, -0.15) is 0 Å². The summed E-state index contributed by atoms with van der Waals surface area (Å²) in [7, 11) is 3.12. The number of rotatable bonds is 8. The lowest BCUT2D eigenvalue weighted by Crippen LogP contribution is -2.43. The Hall–Kier alpha value is -2.44. The Balaban J connectivity index is 1.66. The Morgan fingerprint density at radius 2 is 1.69 bits per heavy atom. The van der Waals surface area contributed by atoms with Crippen LogP contribution in [0.5, 0.6) is 11.5 Å². The van der Waals surface area contributed by atoms with Crippen LogP contribution in [0, 0.1) is 0 Å². The first-order valence-electron chi connectivity index (χ1n) is 9.18.